The zero-order valence-corrected chi connectivity index (χ0v) is 16.9. The zero-order valence-electron chi connectivity index (χ0n) is 16.9. The van der Waals surface area contributed by atoms with Gasteiger partial charge in [0.2, 0.25) is 5.95 Å². The van der Waals surface area contributed by atoms with E-state index >= 15 is 0 Å². The highest BCUT2D eigenvalue weighted by Gasteiger charge is 2.46. The van der Waals surface area contributed by atoms with E-state index in [-0.39, 0.29) is 5.54 Å². The van der Waals surface area contributed by atoms with Gasteiger partial charge in [-0.05, 0) is 31.0 Å². The summed E-state index contributed by atoms with van der Waals surface area (Å²) in [6, 6.07) is 6.33. The van der Waals surface area contributed by atoms with E-state index in [1.807, 2.05) is 36.1 Å². The Morgan fingerprint density at radius 1 is 1.33 bits per heavy atom. The minimum Gasteiger partial charge on any atom is -0.363 e. The van der Waals surface area contributed by atoms with Crippen molar-refractivity contribution in [1.29, 1.82) is 5.26 Å². The molecule has 4 aromatic heterocycles. The second-order valence-electron chi connectivity index (χ2n) is 7.69. The summed E-state index contributed by atoms with van der Waals surface area (Å²) in [5, 5.41) is 28.6. The maximum atomic E-state index is 9.42. The number of rotatable bonds is 6. The van der Waals surface area contributed by atoms with Crippen LogP contribution in [-0.4, -0.2) is 47.7 Å². The van der Waals surface area contributed by atoms with Gasteiger partial charge in [-0.25, -0.2) is 4.52 Å². The summed E-state index contributed by atoms with van der Waals surface area (Å²) in [5.41, 5.74) is 4.37. The van der Waals surface area contributed by atoms with Gasteiger partial charge in [0.1, 0.15) is 5.54 Å². The molecule has 10 nitrogen and oxygen atoms in total. The lowest BCUT2D eigenvalue weighted by molar-refractivity contribution is 0.198. The van der Waals surface area contributed by atoms with Crippen molar-refractivity contribution >= 4 is 23.0 Å². The van der Waals surface area contributed by atoms with Crippen LogP contribution in [0.4, 0.5) is 17.3 Å². The van der Waals surface area contributed by atoms with Crippen LogP contribution in [0.15, 0.2) is 36.9 Å². The normalized spacial score (nSPS) is 15.2. The van der Waals surface area contributed by atoms with Crippen LogP contribution in [-0.2, 0) is 12.0 Å². The third-order valence-corrected chi connectivity index (χ3v) is 5.67. The Balaban J connectivity index is 1.43. The molecule has 0 bridgehead atoms. The number of aromatic amines is 1. The number of hydrogen-bond acceptors (Lipinski definition) is 7. The Kier molecular flexibility index (Phi) is 4.17. The molecule has 10 heteroatoms. The molecule has 2 N–H and O–H groups in total. The molecule has 152 valence electrons. The van der Waals surface area contributed by atoms with E-state index in [0.29, 0.717) is 25.5 Å². The monoisotopic (exact) mass is 402 g/mol. The van der Waals surface area contributed by atoms with Crippen molar-refractivity contribution in [3.8, 4) is 6.07 Å². The van der Waals surface area contributed by atoms with Gasteiger partial charge in [-0.1, -0.05) is 6.92 Å². The number of anilines is 3. The summed E-state index contributed by atoms with van der Waals surface area (Å²) in [6.07, 6.45) is 8.87. The third-order valence-electron chi connectivity index (χ3n) is 5.67. The molecule has 0 saturated carbocycles. The summed E-state index contributed by atoms with van der Waals surface area (Å²) >= 11 is 0. The van der Waals surface area contributed by atoms with Crippen LogP contribution in [0, 0.1) is 18.3 Å². The van der Waals surface area contributed by atoms with Crippen molar-refractivity contribution in [2.75, 3.05) is 23.3 Å². The van der Waals surface area contributed by atoms with Crippen LogP contribution < -0.4 is 10.2 Å². The number of nitrogens with zero attached hydrogens (tertiary/aromatic N) is 8. The van der Waals surface area contributed by atoms with Crippen LogP contribution in [0.25, 0.3) is 5.65 Å². The molecular formula is C20H22N10. The number of aryl methyl sites for hydroxylation is 2. The van der Waals surface area contributed by atoms with E-state index in [4.69, 9.17) is 0 Å². The molecule has 0 spiro atoms. The number of pyridine rings is 1. The van der Waals surface area contributed by atoms with Crippen LogP contribution in [0.2, 0.25) is 0 Å². The van der Waals surface area contributed by atoms with Gasteiger partial charge in [-0.15, -0.1) is 5.10 Å². The van der Waals surface area contributed by atoms with E-state index in [9.17, 15) is 5.26 Å². The lowest BCUT2D eigenvalue weighted by Crippen LogP contribution is -2.63. The second-order valence-corrected chi connectivity index (χ2v) is 7.69. The molecule has 5 rings (SSSR count). The number of nitriles is 1. The first kappa shape index (κ1) is 18.2. The second kappa shape index (κ2) is 6.88. The lowest BCUT2D eigenvalue weighted by atomic mass is 9.86. The molecule has 30 heavy (non-hydrogen) atoms. The van der Waals surface area contributed by atoms with Crippen molar-refractivity contribution in [2.24, 2.45) is 0 Å². The predicted octanol–water partition coefficient (Wildman–Crippen LogP) is 2.39. The Labute approximate surface area is 173 Å². The van der Waals surface area contributed by atoms with Gasteiger partial charge in [0.25, 0.3) is 0 Å². The molecule has 0 radical (unpaired) electrons. The average Bonchev–Trinajstić information content (AvgIpc) is 3.44. The Hall–Kier alpha value is -3.87. The van der Waals surface area contributed by atoms with Crippen molar-refractivity contribution in [3.63, 3.8) is 0 Å². The first-order chi connectivity index (χ1) is 14.6. The summed E-state index contributed by atoms with van der Waals surface area (Å²) in [7, 11) is 0. The van der Waals surface area contributed by atoms with Crippen LogP contribution in [0.3, 0.4) is 0 Å². The topological polar surface area (TPSA) is 116 Å². The van der Waals surface area contributed by atoms with Gasteiger partial charge >= 0.3 is 0 Å². The van der Waals surface area contributed by atoms with Gasteiger partial charge in [0.15, 0.2) is 5.65 Å². The number of nitrogens with one attached hydrogen (secondary N) is 2. The van der Waals surface area contributed by atoms with Gasteiger partial charge < -0.3 is 10.2 Å². The smallest absolute Gasteiger partial charge is 0.247 e. The Morgan fingerprint density at radius 2 is 2.20 bits per heavy atom. The fourth-order valence-corrected chi connectivity index (χ4v) is 3.91. The number of fused-ring (bicyclic) bond motifs is 1. The number of aromatic nitrogens is 7. The highest BCUT2D eigenvalue weighted by Crippen LogP contribution is 2.37. The zero-order chi connectivity index (χ0) is 20.7. The molecule has 5 heterocycles. The molecule has 0 unspecified atom stereocenters. The summed E-state index contributed by atoms with van der Waals surface area (Å²) in [5.74, 6) is 0.510. The summed E-state index contributed by atoms with van der Waals surface area (Å²) < 4.78 is 3.73. The minimum absolute atomic E-state index is 0.315. The fraction of sp³-hybridized carbons (Fsp3) is 0.350. The fourth-order valence-electron chi connectivity index (χ4n) is 3.91. The molecule has 1 saturated heterocycles. The predicted molar refractivity (Wildman–Crippen MR) is 112 cm³/mol. The molecule has 4 aromatic rings. The molecule has 1 fully saturated rings. The SMILES string of the molecule is CCc1cnn(C2(CC#N)CN(c3cccn4nc(Nc5cn[nH]c5C)nc34)C2)c1. The lowest BCUT2D eigenvalue weighted by Gasteiger charge is -2.50. The van der Waals surface area contributed by atoms with E-state index in [0.717, 1.165) is 29.1 Å². The van der Waals surface area contributed by atoms with Gasteiger partial charge in [-0.2, -0.15) is 20.4 Å². The van der Waals surface area contributed by atoms with E-state index in [2.05, 4.69) is 54.8 Å². The molecule has 0 atom stereocenters. The Bertz CT molecular complexity index is 1230. The maximum absolute atomic E-state index is 9.42. The maximum Gasteiger partial charge on any atom is 0.247 e. The van der Waals surface area contributed by atoms with Gasteiger partial charge in [0.05, 0.1) is 42.0 Å². The minimum atomic E-state index is -0.315. The molecule has 0 amide bonds. The summed E-state index contributed by atoms with van der Waals surface area (Å²) in [4.78, 5) is 6.91. The van der Waals surface area contributed by atoms with Crippen LogP contribution >= 0.6 is 0 Å². The van der Waals surface area contributed by atoms with E-state index < -0.39 is 0 Å². The standard InChI is InChI=1S/C20H22N10/c1-3-15-9-23-30(11-15)20(6-7-21)12-28(13-20)17-5-4-8-29-18(17)25-19(27-29)24-16-10-22-26-14(16)2/h4-5,8-11H,3,6,12-13H2,1-2H3,(H,22,26)(H,24,27). The summed E-state index contributed by atoms with van der Waals surface area (Å²) in [6.45, 7) is 5.43. The first-order valence-corrected chi connectivity index (χ1v) is 9.90. The molecule has 0 aliphatic carbocycles. The number of H-pyrrole nitrogens is 1. The van der Waals surface area contributed by atoms with Crippen molar-refractivity contribution in [1.82, 2.24) is 34.6 Å². The van der Waals surface area contributed by atoms with Crippen LogP contribution in [0.1, 0.15) is 24.6 Å². The van der Waals surface area contributed by atoms with Crippen molar-refractivity contribution < 1.29 is 0 Å². The Morgan fingerprint density at radius 3 is 2.90 bits per heavy atom. The molecule has 1 aliphatic rings. The van der Waals surface area contributed by atoms with E-state index in [1.165, 1.54) is 5.56 Å². The average molecular weight is 402 g/mol. The van der Waals surface area contributed by atoms with Crippen LogP contribution in [0.5, 0.6) is 0 Å². The number of hydrogen-bond donors (Lipinski definition) is 2. The third kappa shape index (κ3) is 2.86. The van der Waals surface area contributed by atoms with Gasteiger partial charge in [0, 0.05) is 25.5 Å². The van der Waals surface area contributed by atoms with Gasteiger partial charge in [-0.3, -0.25) is 9.78 Å². The van der Waals surface area contributed by atoms with Crippen molar-refractivity contribution in [3.05, 3.63) is 48.2 Å². The largest absolute Gasteiger partial charge is 0.363 e. The highest BCUT2D eigenvalue weighted by molar-refractivity contribution is 5.72. The highest BCUT2D eigenvalue weighted by atomic mass is 15.4. The molecule has 1 aliphatic heterocycles. The molecular weight excluding hydrogens is 380 g/mol. The quantitative estimate of drug-likeness (QED) is 0.509. The molecule has 0 aromatic carbocycles. The van der Waals surface area contributed by atoms with E-state index in [1.54, 1.807) is 10.7 Å². The first-order valence-electron chi connectivity index (χ1n) is 9.90. The van der Waals surface area contributed by atoms with Crippen molar-refractivity contribution in [2.45, 2.75) is 32.2 Å².